The summed E-state index contributed by atoms with van der Waals surface area (Å²) in [5, 5.41) is 0.759. The van der Waals surface area contributed by atoms with Crippen LogP contribution in [0.3, 0.4) is 0 Å². The molecule has 2 bridgehead atoms. The number of carbonyl (C=O) groups excluding carboxylic acids is 2. The first-order chi connectivity index (χ1) is 14.8. The van der Waals surface area contributed by atoms with E-state index in [0.29, 0.717) is 15.7 Å². The maximum Gasteiger partial charge on any atom is 0.239 e. The Labute approximate surface area is 190 Å². The van der Waals surface area contributed by atoms with Crippen molar-refractivity contribution in [1.82, 2.24) is 0 Å². The van der Waals surface area contributed by atoms with Crippen LogP contribution in [0, 0.1) is 11.8 Å². The van der Waals surface area contributed by atoms with E-state index in [9.17, 15) is 9.59 Å². The Morgan fingerprint density at radius 2 is 1.13 bits per heavy atom. The molecule has 3 nitrogen and oxygen atoms in total. The summed E-state index contributed by atoms with van der Waals surface area (Å²) in [6, 6.07) is 21.4. The lowest BCUT2D eigenvalue weighted by Crippen LogP contribution is -2.59. The zero-order chi connectivity index (χ0) is 21.7. The summed E-state index contributed by atoms with van der Waals surface area (Å²) in [6.07, 6.45) is 0. The van der Waals surface area contributed by atoms with Crippen LogP contribution in [0.5, 0.6) is 0 Å². The number of amides is 2. The van der Waals surface area contributed by atoms with Crippen molar-refractivity contribution in [3.05, 3.63) is 99.0 Å². The predicted octanol–water partition coefficient (Wildman–Crippen LogP) is 5.74. The van der Waals surface area contributed by atoms with Gasteiger partial charge in [0.2, 0.25) is 11.8 Å². The van der Waals surface area contributed by atoms with Crippen LogP contribution >= 0.6 is 23.2 Å². The lowest BCUT2D eigenvalue weighted by atomic mass is 9.42. The maximum absolute atomic E-state index is 14.0. The monoisotopic (exact) mass is 447 g/mol. The molecule has 31 heavy (non-hydrogen) atoms. The van der Waals surface area contributed by atoms with E-state index in [4.69, 9.17) is 23.2 Å². The van der Waals surface area contributed by atoms with Gasteiger partial charge in [-0.2, -0.15) is 0 Å². The predicted molar refractivity (Wildman–Crippen MR) is 122 cm³/mol. The van der Waals surface area contributed by atoms with Gasteiger partial charge in [-0.1, -0.05) is 85.6 Å². The molecule has 1 aliphatic heterocycles. The minimum Gasteiger partial charge on any atom is -0.274 e. The molecular weight excluding hydrogens is 429 g/mol. The van der Waals surface area contributed by atoms with E-state index in [-0.39, 0.29) is 11.8 Å². The van der Waals surface area contributed by atoms with E-state index in [2.05, 4.69) is 38.1 Å². The molecule has 4 aliphatic rings. The van der Waals surface area contributed by atoms with Gasteiger partial charge in [0.15, 0.2) is 0 Å². The third-order valence-electron chi connectivity index (χ3n) is 7.79. The number of halogens is 2. The molecule has 1 fully saturated rings. The highest BCUT2D eigenvalue weighted by Gasteiger charge is 2.70. The van der Waals surface area contributed by atoms with Crippen LogP contribution in [0.2, 0.25) is 10.0 Å². The number of hydrogen-bond donors (Lipinski definition) is 0. The second-order valence-electron chi connectivity index (χ2n) is 9.06. The average Bonchev–Trinajstić information content (AvgIpc) is 3.04. The lowest BCUT2D eigenvalue weighted by molar-refractivity contribution is -0.124. The highest BCUT2D eigenvalue weighted by molar-refractivity contribution is 6.38. The summed E-state index contributed by atoms with van der Waals surface area (Å²) in [5.41, 5.74) is 3.71. The summed E-state index contributed by atoms with van der Waals surface area (Å²) < 4.78 is 0. The van der Waals surface area contributed by atoms with Crippen molar-refractivity contribution in [2.45, 2.75) is 24.7 Å². The van der Waals surface area contributed by atoms with Gasteiger partial charge in [0.1, 0.15) is 0 Å². The summed E-state index contributed by atoms with van der Waals surface area (Å²) in [7, 11) is 0. The first-order valence-corrected chi connectivity index (χ1v) is 11.1. The molecule has 154 valence electrons. The standard InChI is InChI=1S/C26H19Cl2NO2/c1-25-15-7-3-5-9-17(15)26(2,18-10-6-4-8-16(18)25)22-21(25)23(30)29(24(22)31)20-12-11-14(27)13-19(20)28/h3-13,21-22H,1-2H3/t21-,22-,25?,26?/m0/s1. The fourth-order valence-electron chi connectivity index (χ4n) is 6.47. The SMILES string of the molecule is CC12c3ccccc3C(C)(c3ccccc31)[C@@H]1C(=O)N(c3ccc(Cl)cc3Cl)C(=O)[C@H]12. The van der Waals surface area contributed by atoms with Crippen LogP contribution in [0.4, 0.5) is 5.69 Å². The number of carbonyl (C=O) groups is 2. The van der Waals surface area contributed by atoms with Crippen LogP contribution in [-0.2, 0) is 20.4 Å². The smallest absolute Gasteiger partial charge is 0.239 e. The molecular formula is C26H19Cl2NO2. The van der Waals surface area contributed by atoms with Gasteiger partial charge < -0.3 is 0 Å². The Kier molecular flexibility index (Phi) is 3.69. The molecule has 2 atom stereocenters. The minimum atomic E-state index is -0.601. The van der Waals surface area contributed by atoms with Gasteiger partial charge in [-0.05, 0) is 40.5 Å². The molecule has 0 spiro atoms. The van der Waals surface area contributed by atoms with Crippen molar-refractivity contribution in [3.8, 4) is 0 Å². The average molecular weight is 448 g/mol. The van der Waals surface area contributed by atoms with E-state index in [0.717, 1.165) is 22.3 Å². The van der Waals surface area contributed by atoms with E-state index in [1.54, 1.807) is 18.2 Å². The molecule has 5 heteroatoms. The molecule has 3 aliphatic carbocycles. The van der Waals surface area contributed by atoms with Crippen molar-refractivity contribution in [3.63, 3.8) is 0 Å². The van der Waals surface area contributed by atoms with Gasteiger partial charge in [-0.25, -0.2) is 4.90 Å². The van der Waals surface area contributed by atoms with Crippen LogP contribution in [0.15, 0.2) is 66.7 Å². The zero-order valence-electron chi connectivity index (χ0n) is 17.0. The largest absolute Gasteiger partial charge is 0.274 e. The molecule has 0 unspecified atom stereocenters. The van der Waals surface area contributed by atoms with E-state index in [1.165, 1.54) is 4.90 Å². The summed E-state index contributed by atoms with van der Waals surface area (Å²) in [6.45, 7) is 4.22. The molecule has 0 saturated carbocycles. The Morgan fingerprint density at radius 3 is 1.52 bits per heavy atom. The molecule has 0 aromatic heterocycles. The van der Waals surface area contributed by atoms with Gasteiger partial charge in [-0.15, -0.1) is 0 Å². The Balaban J connectivity index is 1.66. The first kappa shape index (κ1) is 19.1. The molecule has 2 amide bonds. The van der Waals surface area contributed by atoms with E-state index >= 15 is 0 Å². The number of rotatable bonds is 1. The first-order valence-electron chi connectivity index (χ1n) is 10.3. The van der Waals surface area contributed by atoms with Crippen LogP contribution < -0.4 is 4.90 Å². The highest BCUT2D eigenvalue weighted by Crippen LogP contribution is 2.66. The quantitative estimate of drug-likeness (QED) is 0.446. The summed E-state index contributed by atoms with van der Waals surface area (Å²) in [4.78, 5) is 29.2. The maximum atomic E-state index is 14.0. The second-order valence-corrected chi connectivity index (χ2v) is 9.90. The van der Waals surface area contributed by atoms with Crippen molar-refractivity contribution in [2.24, 2.45) is 11.8 Å². The molecule has 0 radical (unpaired) electrons. The lowest BCUT2D eigenvalue weighted by Gasteiger charge is -2.57. The van der Waals surface area contributed by atoms with Gasteiger partial charge in [0.05, 0.1) is 22.5 Å². The normalized spacial score (nSPS) is 30.3. The molecule has 3 aromatic rings. The third-order valence-corrected chi connectivity index (χ3v) is 8.33. The van der Waals surface area contributed by atoms with E-state index in [1.807, 2.05) is 24.3 Å². The van der Waals surface area contributed by atoms with Gasteiger partial charge in [-0.3, -0.25) is 9.59 Å². The topological polar surface area (TPSA) is 37.4 Å². The molecule has 1 heterocycles. The van der Waals surface area contributed by atoms with Gasteiger partial charge in [0.25, 0.3) is 0 Å². The van der Waals surface area contributed by atoms with Gasteiger partial charge >= 0.3 is 0 Å². The number of nitrogens with zero attached hydrogens (tertiary/aromatic N) is 1. The third kappa shape index (κ3) is 2.07. The molecule has 7 rings (SSSR count). The minimum absolute atomic E-state index is 0.197. The number of imide groups is 1. The van der Waals surface area contributed by atoms with Crippen molar-refractivity contribution >= 4 is 40.7 Å². The molecule has 1 saturated heterocycles. The number of hydrogen-bond acceptors (Lipinski definition) is 2. The Bertz CT molecular complexity index is 1190. The number of anilines is 1. The summed E-state index contributed by atoms with van der Waals surface area (Å²) in [5.74, 6) is -1.39. The van der Waals surface area contributed by atoms with E-state index < -0.39 is 22.7 Å². The van der Waals surface area contributed by atoms with Crippen LogP contribution in [0.1, 0.15) is 36.1 Å². The number of benzene rings is 3. The van der Waals surface area contributed by atoms with Crippen LogP contribution in [-0.4, -0.2) is 11.8 Å². The molecule has 0 N–H and O–H groups in total. The highest BCUT2D eigenvalue weighted by atomic mass is 35.5. The second kappa shape index (κ2) is 5.99. The Hall–Kier alpha value is -2.62. The fourth-order valence-corrected chi connectivity index (χ4v) is 6.96. The summed E-state index contributed by atoms with van der Waals surface area (Å²) >= 11 is 12.5. The van der Waals surface area contributed by atoms with Gasteiger partial charge in [0, 0.05) is 15.9 Å². The van der Waals surface area contributed by atoms with Crippen molar-refractivity contribution in [2.75, 3.05) is 4.90 Å². The Morgan fingerprint density at radius 1 is 0.710 bits per heavy atom. The zero-order valence-corrected chi connectivity index (χ0v) is 18.5. The van der Waals surface area contributed by atoms with Crippen LogP contribution in [0.25, 0.3) is 0 Å². The van der Waals surface area contributed by atoms with Crippen molar-refractivity contribution < 1.29 is 9.59 Å². The van der Waals surface area contributed by atoms with Crippen molar-refractivity contribution in [1.29, 1.82) is 0 Å². The molecule has 3 aromatic carbocycles. The fraction of sp³-hybridized carbons (Fsp3) is 0.231.